The number of unbranched alkanes of at least 4 members (excludes halogenated alkanes) is 1. The summed E-state index contributed by atoms with van der Waals surface area (Å²) < 4.78 is 56.0. The van der Waals surface area contributed by atoms with Crippen LogP contribution in [0.3, 0.4) is 0 Å². The number of benzene rings is 2. The number of anilines is 1. The van der Waals surface area contributed by atoms with Gasteiger partial charge in [-0.3, -0.25) is 0 Å². The van der Waals surface area contributed by atoms with E-state index >= 15 is 4.39 Å². The van der Waals surface area contributed by atoms with Gasteiger partial charge in [0.25, 0.3) is 0 Å². The highest BCUT2D eigenvalue weighted by molar-refractivity contribution is 7.91. The van der Waals surface area contributed by atoms with Crippen LogP contribution in [-0.2, 0) is 37.6 Å². The number of aldehydes is 2. The molecular weight excluding hydrogens is 463 g/mol. The van der Waals surface area contributed by atoms with Crippen LogP contribution in [0.5, 0.6) is 5.75 Å². The van der Waals surface area contributed by atoms with Gasteiger partial charge in [0.05, 0.1) is 12.4 Å². The van der Waals surface area contributed by atoms with Crippen molar-refractivity contribution in [2.24, 2.45) is 0 Å². The summed E-state index contributed by atoms with van der Waals surface area (Å²) in [4.78, 5) is 22.1. The summed E-state index contributed by atoms with van der Waals surface area (Å²) in [5.74, 6) is -0.202. The molecule has 1 atom stereocenters. The summed E-state index contributed by atoms with van der Waals surface area (Å²) in [5.41, 5.74) is 1.37. The molecule has 0 aromatic heterocycles. The van der Waals surface area contributed by atoms with Crippen LogP contribution < -0.4 is 13.8 Å². The summed E-state index contributed by atoms with van der Waals surface area (Å²) in [6.07, 6.45) is 4.75. The largest absolute Gasteiger partial charge is 0.498 e. The normalized spacial score (nSPS) is 18.7. The quantitative estimate of drug-likeness (QED) is 0.408. The second kappa shape index (κ2) is 10.4. The zero-order valence-corrected chi connectivity index (χ0v) is 19.2. The highest BCUT2D eigenvalue weighted by Crippen LogP contribution is 2.42. The second-order valence-corrected chi connectivity index (χ2v) is 9.64. The number of nitrogens with one attached hydrogen (secondary N) is 1. The van der Waals surface area contributed by atoms with Crippen molar-refractivity contribution in [3.8, 4) is 5.75 Å². The topological polar surface area (TPSA) is 102 Å². The molecule has 1 N–H and O–H groups in total. The minimum Gasteiger partial charge on any atom is -0.498 e. The van der Waals surface area contributed by atoms with Gasteiger partial charge in [0, 0.05) is 24.9 Å². The molecule has 2 aromatic carbocycles. The summed E-state index contributed by atoms with van der Waals surface area (Å²) in [5, 5.41) is 0. The number of carbonyl (C=O) groups excluding carboxylic acids is 2. The van der Waals surface area contributed by atoms with Crippen molar-refractivity contribution in [3.05, 3.63) is 64.7 Å². The predicted octanol–water partition coefficient (Wildman–Crippen LogP) is 2.91. The zero-order valence-electron chi connectivity index (χ0n) is 18.4. The van der Waals surface area contributed by atoms with Crippen LogP contribution in [0.15, 0.2) is 42.2 Å². The molecule has 10 heteroatoms. The number of carbonyl (C=O) groups is 2. The fourth-order valence-corrected chi connectivity index (χ4v) is 5.39. The van der Waals surface area contributed by atoms with Gasteiger partial charge in [0.1, 0.15) is 36.7 Å². The molecule has 1 aliphatic carbocycles. The Morgan fingerprint density at radius 1 is 1.15 bits per heavy atom. The monoisotopic (exact) mass is 488 g/mol. The number of aryl methyl sites for hydroxylation is 1. The summed E-state index contributed by atoms with van der Waals surface area (Å²) in [6.45, 7) is 0.256. The van der Waals surface area contributed by atoms with Gasteiger partial charge < -0.3 is 19.1 Å². The predicted molar refractivity (Wildman–Crippen MR) is 124 cm³/mol. The van der Waals surface area contributed by atoms with Gasteiger partial charge in [-0.15, -0.1) is 0 Å². The molecule has 0 saturated carbocycles. The van der Waals surface area contributed by atoms with Crippen LogP contribution in [0.2, 0.25) is 0 Å². The maximum absolute atomic E-state index is 16.0. The number of hydrogen-bond acceptors (Lipinski definition) is 6. The van der Waals surface area contributed by atoms with Crippen LogP contribution in [0.1, 0.15) is 36.0 Å². The Morgan fingerprint density at radius 3 is 2.68 bits per heavy atom. The van der Waals surface area contributed by atoms with E-state index in [2.05, 4.69) is 4.72 Å². The van der Waals surface area contributed by atoms with Crippen LogP contribution in [0, 0.1) is 5.82 Å². The lowest BCUT2D eigenvalue weighted by Gasteiger charge is -2.27. The van der Waals surface area contributed by atoms with Gasteiger partial charge in [0.15, 0.2) is 5.82 Å². The van der Waals surface area contributed by atoms with Crippen molar-refractivity contribution in [3.63, 3.8) is 0 Å². The third kappa shape index (κ3) is 4.97. The highest BCUT2D eigenvalue weighted by atomic mass is 32.2. The number of nitrogens with zero attached hydrogens (tertiary/aromatic N) is 1. The molecule has 4 rings (SSSR count). The number of allylic oxidation sites excluding steroid dienone is 1. The average molecular weight is 489 g/mol. The zero-order chi connectivity index (χ0) is 24.1. The molecule has 2 aliphatic rings. The van der Waals surface area contributed by atoms with E-state index < -0.39 is 22.1 Å². The molecule has 34 heavy (non-hydrogen) atoms. The van der Waals surface area contributed by atoms with Gasteiger partial charge in [-0.05, 0) is 36.1 Å². The maximum Gasteiger partial charge on any atom is 0.302 e. The van der Waals surface area contributed by atoms with Crippen molar-refractivity contribution in [2.75, 3.05) is 17.5 Å². The fourth-order valence-electron chi connectivity index (χ4n) is 3.98. The number of hydrogen-bond donors (Lipinski definition) is 1. The maximum atomic E-state index is 16.0. The van der Waals surface area contributed by atoms with Gasteiger partial charge >= 0.3 is 10.2 Å². The molecule has 1 fully saturated rings. The molecular formula is C24H25FN2O6S. The van der Waals surface area contributed by atoms with Gasteiger partial charge in [0.2, 0.25) is 0 Å². The van der Waals surface area contributed by atoms with Gasteiger partial charge in [-0.25, -0.2) is 8.70 Å². The van der Waals surface area contributed by atoms with E-state index in [0.717, 1.165) is 16.2 Å². The van der Waals surface area contributed by atoms with Crippen molar-refractivity contribution in [2.45, 2.75) is 38.3 Å². The average Bonchev–Trinajstić information content (AvgIpc) is 3.15. The summed E-state index contributed by atoms with van der Waals surface area (Å²) >= 11 is 0. The molecule has 180 valence electrons. The first-order valence-corrected chi connectivity index (χ1v) is 12.4. The third-order valence-corrected chi connectivity index (χ3v) is 7.18. The van der Waals surface area contributed by atoms with E-state index in [4.69, 9.17) is 9.47 Å². The first-order valence-electron chi connectivity index (χ1n) is 11.0. The third-order valence-electron chi connectivity index (χ3n) is 5.68. The van der Waals surface area contributed by atoms with E-state index in [1.54, 1.807) is 12.1 Å². The summed E-state index contributed by atoms with van der Waals surface area (Å²) in [7, 11) is -4.14. The Bertz CT molecular complexity index is 1200. The molecule has 0 spiro atoms. The van der Waals surface area contributed by atoms with Crippen molar-refractivity contribution in [1.29, 1.82) is 0 Å². The number of fused-ring (bicyclic) bond motifs is 1. The fraction of sp³-hybridized carbons (Fsp3) is 0.333. The van der Waals surface area contributed by atoms with Crippen LogP contribution in [-0.4, -0.2) is 40.2 Å². The minimum absolute atomic E-state index is 0.0444. The molecule has 1 saturated heterocycles. The molecule has 0 bridgehead atoms. The molecule has 1 heterocycles. The Morgan fingerprint density at radius 2 is 1.94 bits per heavy atom. The van der Waals surface area contributed by atoms with Crippen LogP contribution in [0.25, 0.3) is 6.08 Å². The van der Waals surface area contributed by atoms with E-state index in [0.29, 0.717) is 49.9 Å². The minimum atomic E-state index is -4.14. The molecule has 0 amide bonds. The first kappa shape index (κ1) is 23.9. The standard InChI is InChI=1S/C24H25FN2O6S/c25-23-21-13-20(32-11-5-4-10-28)9-8-18(21)12-22(33-16-17-6-2-1-3-7-17)24(23)27-19(15-29)14-26-34(27,30)31/h1-3,6-7,10,12-13,15,19,26H,4-5,8-9,11,14,16H2. The van der Waals surface area contributed by atoms with Crippen LogP contribution >= 0.6 is 0 Å². The SMILES string of the molecule is O=CCCCOC1=Cc2c(cc(OCc3ccccc3)c(N3C(C=O)CNS3(=O)=O)c2F)CC1. The van der Waals surface area contributed by atoms with Crippen molar-refractivity contribution >= 4 is 34.5 Å². The molecule has 1 unspecified atom stereocenters. The second-order valence-electron chi connectivity index (χ2n) is 8.01. The molecule has 0 radical (unpaired) electrons. The number of ether oxygens (including phenoxy) is 2. The first-order chi connectivity index (χ1) is 16.4. The lowest BCUT2D eigenvalue weighted by Crippen LogP contribution is -2.37. The van der Waals surface area contributed by atoms with E-state index in [1.165, 1.54) is 0 Å². The van der Waals surface area contributed by atoms with Crippen LogP contribution in [0.4, 0.5) is 10.1 Å². The van der Waals surface area contributed by atoms with Gasteiger partial charge in [-0.2, -0.15) is 13.1 Å². The Balaban J connectivity index is 1.74. The molecule has 1 aliphatic heterocycles. The summed E-state index contributed by atoms with van der Waals surface area (Å²) in [6, 6.07) is 9.74. The van der Waals surface area contributed by atoms with Crippen molar-refractivity contribution in [1.82, 2.24) is 4.72 Å². The Labute approximate surface area is 197 Å². The number of halogens is 1. The van der Waals surface area contributed by atoms with E-state index in [1.807, 2.05) is 30.3 Å². The Kier molecular flexibility index (Phi) is 7.28. The van der Waals surface area contributed by atoms with Crippen molar-refractivity contribution < 1.29 is 31.9 Å². The lowest BCUT2D eigenvalue weighted by atomic mass is 9.94. The van der Waals surface area contributed by atoms with E-state index in [9.17, 15) is 18.0 Å². The lowest BCUT2D eigenvalue weighted by molar-refractivity contribution is -0.109. The highest BCUT2D eigenvalue weighted by Gasteiger charge is 2.41. The smallest absolute Gasteiger partial charge is 0.302 e. The number of rotatable bonds is 10. The molecule has 8 nitrogen and oxygen atoms in total. The van der Waals surface area contributed by atoms with E-state index in [-0.39, 0.29) is 30.2 Å². The Hall–Kier alpha value is -3.24. The van der Waals surface area contributed by atoms with Gasteiger partial charge in [-0.1, -0.05) is 30.3 Å². The molecule has 2 aromatic rings.